The van der Waals surface area contributed by atoms with Crippen LogP contribution in [0.25, 0.3) is 0 Å². The summed E-state index contributed by atoms with van der Waals surface area (Å²) in [7, 11) is 0. The summed E-state index contributed by atoms with van der Waals surface area (Å²) < 4.78 is 30.7. The Morgan fingerprint density at radius 2 is 2.10 bits per heavy atom. The van der Waals surface area contributed by atoms with Crippen molar-refractivity contribution < 1.29 is 18.1 Å². The molecule has 0 saturated carbocycles. The van der Waals surface area contributed by atoms with Crippen molar-refractivity contribution in [3.05, 3.63) is 41.3 Å². The zero-order valence-electron chi connectivity index (χ0n) is 10.9. The van der Waals surface area contributed by atoms with Crippen LogP contribution >= 0.6 is 11.8 Å². The molecular formula is C13H12F2N2O2S. The van der Waals surface area contributed by atoms with Gasteiger partial charge in [0.05, 0.1) is 5.75 Å². The monoisotopic (exact) mass is 298 g/mol. The van der Waals surface area contributed by atoms with E-state index in [0.717, 1.165) is 23.9 Å². The fraction of sp³-hybridized carbons (Fsp3) is 0.231. The minimum atomic E-state index is -0.930. The molecule has 20 heavy (non-hydrogen) atoms. The third-order valence-corrected chi connectivity index (χ3v) is 3.55. The summed E-state index contributed by atoms with van der Waals surface area (Å²) in [6.07, 6.45) is 0. The average Bonchev–Trinajstić information content (AvgIpc) is 2.72. The Morgan fingerprint density at radius 3 is 2.70 bits per heavy atom. The van der Waals surface area contributed by atoms with Crippen LogP contribution in [0, 0.1) is 25.5 Å². The summed E-state index contributed by atoms with van der Waals surface area (Å²) in [5.74, 6) is -1.51. The molecule has 2 aromatic rings. The topological polar surface area (TPSA) is 55.1 Å². The van der Waals surface area contributed by atoms with E-state index in [4.69, 9.17) is 4.52 Å². The standard InChI is InChI=1S/C13H12F2N2O2S/c1-7-13(8(2)19-17-7)16-12(18)6-20-9-3-4-10(14)11(15)5-9/h3-5H,6H2,1-2H3,(H,16,18). The van der Waals surface area contributed by atoms with Crippen LogP contribution in [0.5, 0.6) is 0 Å². The van der Waals surface area contributed by atoms with Crippen LogP contribution in [0.3, 0.4) is 0 Å². The molecule has 2 rings (SSSR count). The van der Waals surface area contributed by atoms with Crippen molar-refractivity contribution in [3.8, 4) is 0 Å². The molecule has 0 aliphatic heterocycles. The number of aromatic nitrogens is 1. The van der Waals surface area contributed by atoms with Gasteiger partial charge >= 0.3 is 0 Å². The molecule has 106 valence electrons. The van der Waals surface area contributed by atoms with Gasteiger partial charge in [0.25, 0.3) is 0 Å². The largest absolute Gasteiger partial charge is 0.359 e. The maximum absolute atomic E-state index is 13.0. The van der Waals surface area contributed by atoms with Gasteiger partial charge in [0.1, 0.15) is 11.4 Å². The zero-order valence-corrected chi connectivity index (χ0v) is 11.7. The summed E-state index contributed by atoms with van der Waals surface area (Å²) in [4.78, 5) is 12.3. The van der Waals surface area contributed by atoms with E-state index < -0.39 is 11.6 Å². The number of benzene rings is 1. The minimum Gasteiger partial charge on any atom is -0.359 e. The maximum atomic E-state index is 13.0. The van der Waals surface area contributed by atoms with Crippen LogP contribution in [-0.4, -0.2) is 16.8 Å². The van der Waals surface area contributed by atoms with Gasteiger partial charge in [-0.1, -0.05) is 5.16 Å². The Morgan fingerprint density at radius 1 is 1.35 bits per heavy atom. The Kier molecular flexibility index (Phi) is 4.39. The van der Waals surface area contributed by atoms with Gasteiger partial charge < -0.3 is 9.84 Å². The summed E-state index contributed by atoms with van der Waals surface area (Å²) in [6.45, 7) is 3.41. The number of amides is 1. The number of halogens is 2. The molecule has 1 N–H and O–H groups in total. The van der Waals surface area contributed by atoms with E-state index in [1.165, 1.54) is 6.07 Å². The van der Waals surface area contributed by atoms with Gasteiger partial charge in [0.2, 0.25) is 5.91 Å². The predicted octanol–water partition coefficient (Wildman–Crippen LogP) is 3.30. The number of nitrogens with one attached hydrogen (secondary N) is 1. The van der Waals surface area contributed by atoms with E-state index in [1.807, 2.05) is 0 Å². The van der Waals surface area contributed by atoms with Crippen molar-refractivity contribution in [2.24, 2.45) is 0 Å². The van der Waals surface area contributed by atoms with Gasteiger partial charge in [0.15, 0.2) is 17.4 Å². The third kappa shape index (κ3) is 3.36. The number of aryl methyl sites for hydroxylation is 2. The van der Waals surface area contributed by atoms with E-state index in [2.05, 4.69) is 10.5 Å². The van der Waals surface area contributed by atoms with E-state index in [0.29, 0.717) is 22.0 Å². The van der Waals surface area contributed by atoms with E-state index in [1.54, 1.807) is 13.8 Å². The lowest BCUT2D eigenvalue weighted by Gasteiger charge is -2.04. The molecule has 0 aliphatic rings. The molecule has 1 amide bonds. The lowest BCUT2D eigenvalue weighted by Crippen LogP contribution is -2.14. The molecule has 0 saturated heterocycles. The van der Waals surface area contributed by atoms with Crippen molar-refractivity contribution in [1.82, 2.24) is 5.16 Å². The second kappa shape index (κ2) is 6.04. The highest BCUT2D eigenvalue weighted by Gasteiger charge is 2.12. The Balaban J connectivity index is 1.94. The lowest BCUT2D eigenvalue weighted by atomic mass is 10.3. The van der Waals surface area contributed by atoms with Crippen LogP contribution in [0.4, 0.5) is 14.5 Å². The molecule has 0 spiro atoms. The van der Waals surface area contributed by atoms with Crippen LogP contribution in [0.15, 0.2) is 27.6 Å². The SMILES string of the molecule is Cc1noc(C)c1NC(=O)CSc1ccc(F)c(F)c1. The molecule has 4 nitrogen and oxygen atoms in total. The minimum absolute atomic E-state index is 0.0785. The highest BCUT2D eigenvalue weighted by molar-refractivity contribution is 8.00. The molecule has 0 bridgehead atoms. The van der Waals surface area contributed by atoms with Gasteiger partial charge in [-0.2, -0.15) is 0 Å². The number of carbonyl (C=O) groups is 1. The quantitative estimate of drug-likeness (QED) is 0.880. The fourth-order valence-corrected chi connectivity index (χ4v) is 2.27. The summed E-state index contributed by atoms with van der Waals surface area (Å²) in [6, 6.07) is 3.51. The highest BCUT2D eigenvalue weighted by atomic mass is 32.2. The van der Waals surface area contributed by atoms with Gasteiger partial charge in [-0.25, -0.2) is 8.78 Å². The maximum Gasteiger partial charge on any atom is 0.234 e. The van der Waals surface area contributed by atoms with E-state index in [-0.39, 0.29) is 11.7 Å². The first-order chi connectivity index (χ1) is 9.47. The van der Waals surface area contributed by atoms with Crippen LogP contribution in [0.1, 0.15) is 11.5 Å². The summed E-state index contributed by atoms with van der Waals surface area (Å²) in [5.41, 5.74) is 1.13. The van der Waals surface area contributed by atoms with Gasteiger partial charge in [0, 0.05) is 4.90 Å². The second-order valence-corrected chi connectivity index (χ2v) is 5.16. The van der Waals surface area contributed by atoms with Gasteiger partial charge in [-0.3, -0.25) is 4.79 Å². The number of carbonyl (C=O) groups excluding carboxylic acids is 1. The predicted molar refractivity (Wildman–Crippen MR) is 71.7 cm³/mol. The van der Waals surface area contributed by atoms with Crippen molar-refractivity contribution in [2.75, 3.05) is 11.1 Å². The van der Waals surface area contributed by atoms with Crippen molar-refractivity contribution in [3.63, 3.8) is 0 Å². The molecule has 1 aromatic heterocycles. The number of hydrogen-bond donors (Lipinski definition) is 1. The third-order valence-electron chi connectivity index (χ3n) is 2.56. The van der Waals surface area contributed by atoms with E-state index >= 15 is 0 Å². The lowest BCUT2D eigenvalue weighted by molar-refractivity contribution is -0.113. The Bertz CT molecular complexity index is 624. The summed E-state index contributed by atoms with van der Waals surface area (Å²) >= 11 is 1.12. The smallest absolute Gasteiger partial charge is 0.234 e. The molecule has 0 radical (unpaired) electrons. The molecule has 0 aliphatic carbocycles. The Labute approximate surface area is 118 Å². The van der Waals surface area contributed by atoms with Crippen LogP contribution in [0.2, 0.25) is 0 Å². The average molecular weight is 298 g/mol. The van der Waals surface area contributed by atoms with Crippen molar-refractivity contribution >= 4 is 23.4 Å². The first-order valence-electron chi connectivity index (χ1n) is 5.78. The molecule has 7 heteroatoms. The van der Waals surface area contributed by atoms with E-state index in [9.17, 15) is 13.6 Å². The molecule has 1 aromatic carbocycles. The number of hydrogen-bond acceptors (Lipinski definition) is 4. The van der Waals surface area contributed by atoms with Crippen molar-refractivity contribution in [2.45, 2.75) is 18.7 Å². The summed E-state index contributed by atoms with van der Waals surface area (Å²) in [5, 5.41) is 6.39. The molecular weight excluding hydrogens is 286 g/mol. The second-order valence-electron chi connectivity index (χ2n) is 4.11. The molecule has 0 unspecified atom stereocenters. The normalized spacial score (nSPS) is 10.6. The molecule has 0 atom stereocenters. The fourth-order valence-electron chi connectivity index (χ4n) is 1.55. The number of nitrogens with zero attached hydrogens (tertiary/aromatic N) is 1. The first kappa shape index (κ1) is 14.5. The van der Waals surface area contributed by atoms with Gasteiger partial charge in [-0.15, -0.1) is 11.8 Å². The number of anilines is 1. The Hall–Kier alpha value is -1.89. The molecule has 0 fully saturated rings. The van der Waals surface area contributed by atoms with Gasteiger partial charge in [-0.05, 0) is 32.0 Å². The van der Waals surface area contributed by atoms with Crippen molar-refractivity contribution in [1.29, 1.82) is 0 Å². The molecule has 1 heterocycles. The number of rotatable bonds is 4. The van der Waals surface area contributed by atoms with Crippen LogP contribution < -0.4 is 5.32 Å². The zero-order chi connectivity index (χ0) is 14.7. The number of thioether (sulfide) groups is 1. The highest BCUT2D eigenvalue weighted by Crippen LogP contribution is 2.22. The van der Waals surface area contributed by atoms with Crippen LogP contribution in [-0.2, 0) is 4.79 Å². The first-order valence-corrected chi connectivity index (χ1v) is 6.76.